The van der Waals surface area contributed by atoms with Crippen molar-refractivity contribution in [2.75, 3.05) is 9.80 Å². The van der Waals surface area contributed by atoms with Crippen molar-refractivity contribution in [3.8, 4) is 23.3 Å². The van der Waals surface area contributed by atoms with Crippen LogP contribution in [-0.2, 0) is 0 Å². The monoisotopic (exact) mass is 590 g/mol. The van der Waals surface area contributed by atoms with Crippen LogP contribution in [0.25, 0.3) is 22.3 Å². The molecule has 0 aliphatic heterocycles. The molecule has 6 rings (SSSR count). The van der Waals surface area contributed by atoms with Crippen LogP contribution in [0.3, 0.4) is 0 Å². The topological polar surface area (TPSA) is 54.1 Å². The van der Waals surface area contributed by atoms with Gasteiger partial charge in [0.1, 0.15) is 0 Å². The average Bonchev–Trinajstić information content (AvgIpc) is 3.12. The van der Waals surface area contributed by atoms with Crippen LogP contribution in [0, 0.1) is 22.7 Å². The smallest absolute Gasteiger partial charge is 0.0991 e. The van der Waals surface area contributed by atoms with Gasteiger partial charge < -0.3 is 9.80 Å². The van der Waals surface area contributed by atoms with Crippen LogP contribution < -0.4 is 9.80 Å². The highest BCUT2D eigenvalue weighted by molar-refractivity contribution is 5.86. The number of nitriles is 2. The van der Waals surface area contributed by atoms with Gasteiger partial charge in [0.2, 0.25) is 0 Å². The summed E-state index contributed by atoms with van der Waals surface area (Å²) in [6, 6.07) is 57.5. The first-order valence-electron chi connectivity index (χ1n) is 14.9. The third kappa shape index (κ3) is 6.19. The summed E-state index contributed by atoms with van der Waals surface area (Å²) < 4.78 is 0. The number of hydrogen-bond acceptors (Lipinski definition) is 4. The van der Waals surface area contributed by atoms with E-state index in [0.29, 0.717) is 11.1 Å². The van der Waals surface area contributed by atoms with Crippen molar-refractivity contribution in [2.24, 2.45) is 0 Å². The van der Waals surface area contributed by atoms with Crippen LogP contribution in [0.15, 0.2) is 171 Å². The molecule has 4 nitrogen and oxygen atoms in total. The SMILES string of the molecule is C=C(C#N)c1cccc(N(c2ccccc2)c2cccc(-c3cccc(N(c4ccccc4)c4cccc(C(=C)C#N)c4)c3)c2)c1. The molecule has 218 valence electrons. The van der Waals surface area contributed by atoms with Gasteiger partial charge >= 0.3 is 0 Å². The van der Waals surface area contributed by atoms with Crippen molar-refractivity contribution >= 4 is 45.3 Å². The molecule has 0 N–H and O–H groups in total. The minimum absolute atomic E-state index is 0.422. The van der Waals surface area contributed by atoms with Crippen LogP contribution >= 0.6 is 0 Å². The second kappa shape index (κ2) is 13.3. The van der Waals surface area contributed by atoms with Crippen molar-refractivity contribution in [1.29, 1.82) is 10.5 Å². The Morgan fingerprint density at radius 3 is 1.09 bits per heavy atom. The number of para-hydroxylation sites is 2. The second-order valence-electron chi connectivity index (χ2n) is 10.7. The predicted octanol–water partition coefficient (Wildman–Crippen LogP) is 11.4. The molecule has 0 unspecified atom stereocenters. The molecule has 46 heavy (non-hydrogen) atoms. The summed E-state index contributed by atoms with van der Waals surface area (Å²) in [5.74, 6) is 0. The molecule has 0 aliphatic carbocycles. The fraction of sp³-hybridized carbons (Fsp3) is 0. The number of hydrogen-bond donors (Lipinski definition) is 0. The van der Waals surface area contributed by atoms with Gasteiger partial charge in [-0.15, -0.1) is 0 Å². The molecule has 0 amide bonds. The predicted molar refractivity (Wildman–Crippen MR) is 191 cm³/mol. The number of anilines is 6. The van der Waals surface area contributed by atoms with E-state index in [1.807, 2.05) is 84.9 Å². The summed E-state index contributed by atoms with van der Waals surface area (Å²) in [6.07, 6.45) is 0. The second-order valence-corrected chi connectivity index (χ2v) is 10.7. The largest absolute Gasteiger partial charge is 0.310 e. The van der Waals surface area contributed by atoms with Gasteiger partial charge in [-0.05, 0) is 95.1 Å². The molecular formula is C42H30N4. The van der Waals surface area contributed by atoms with Crippen LogP contribution in [0.5, 0.6) is 0 Å². The maximum atomic E-state index is 9.49. The van der Waals surface area contributed by atoms with Gasteiger partial charge in [-0.3, -0.25) is 0 Å². The van der Waals surface area contributed by atoms with E-state index in [1.54, 1.807) is 0 Å². The highest BCUT2D eigenvalue weighted by Crippen LogP contribution is 2.40. The Balaban J connectivity index is 1.45. The Labute approximate surface area is 270 Å². The molecule has 4 heteroatoms. The van der Waals surface area contributed by atoms with Crippen molar-refractivity contribution in [2.45, 2.75) is 0 Å². The van der Waals surface area contributed by atoms with Gasteiger partial charge in [-0.25, -0.2) is 0 Å². The van der Waals surface area contributed by atoms with Crippen LogP contribution in [0.2, 0.25) is 0 Å². The van der Waals surface area contributed by atoms with Crippen molar-refractivity contribution in [3.63, 3.8) is 0 Å². The minimum atomic E-state index is 0.422. The van der Waals surface area contributed by atoms with E-state index in [4.69, 9.17) is 0 Å². The number of rotatable bonds is 9. The van der Waals surface area contributed by atoms with Crippen LogP contribution in [-0.4, -0.2) is 0 Å². The zero-order valence-corrected chi connectivity index (χ0v) is 25.2. The first kappa shape index (κ1) is 29.5. The Kier molecular flexibility index (Phi) is 8.55. The number of allylic oxidation sites excluding steroid dienone is 2. The van der Waals surface area contributed by atoms with E-state index in [1.165, 1.54) is 0 Å². The summed E-state index contributed by atoms with van der Waals surface area (Å²) in [5.41, 5.74) is 10.4. The molecule has 6 aromatic carbocycles. The molecule has 0 atom stereocenters. The Morgan fingerprint density at radius 2 is 0.717 bits per heavy atom. The lowest BCUT2D eigenvalue weighted by Crippen LogP contribution is -2.10. The summed E-state index contributed by atoms with van der Waals surface area (Å²) >= 11 is 0. The standard InChI is InChI=1S/C42H30N4/c1-31(29-43)33-13-9-21-39(25-33)45(37-17-5-3-6-18-37)41-23-11-15-35(27-41)36-16-12-24-42(28-36)46(38-19-7-4-8-20-38)40-22-10-14-34(26-40)32(2)30-44/h3-28H,1-2H2. The van der Waals surface area contributed by atoms with E-state index < -0.39 is 0 Å². The third-order valence-electron chi connectivity index (χ3n) is 7.75. The van der Waals surface area contributed by atoms with E-state index in [2.05, 4.69) is 108 Å². The Morgan fingerprint density at radius 1 is 0.391 bits per heavy atom. The van der Waals surface area contributed by atoms with Gasteiger partial charge in [-0.2, -0.15) is 10.5 Å². The Hall–Kier alpha value is -6.62. The van der Waals surface area contributed by atoms with Crippen molar-refractivity contribution < 1.29 is 0 Å². The molecule has 0 aromatic heterocycles. The van der Waals surface area contributed by atoms with Crippen molar-refractivity contribution in [3.05, 3.63) is 182 Å². The highest BCUT2D eigenvalue weighted by Gasteiger charge is 2.17. The molecule has 6 aromatic rings. The van der Waals surface area contributed by atoms with E-state index in [-0.39, 0.29) is 0 Å². The Bertz CT molecular complexity index is 1960. The van der Waals surface area contributed by atoms with Gasteiger partial charge in [0.05, 0.1) is 23.3 Å². The molecule has 0 saturated heterocycles. The fourth-order valence-corrected chi connectivity index (χ4v) is 5.49. The normalized spacial score (nSPS) is 10.3. The van der Waals surface area contributed by atoms with E-state index >= 15 is 0 Å². The van der Waals surface area contributed by atoms with Crippen molar-refractivity contribution in [1.82, 2.24) is 0 Å². The maximum Gasteiger partial charge on any atom is 0.0991 e. The first-order chi connectivity index (χ1) is 22.6. The lowest BCUT2D eigenvalue weighted by molar-refractivity contribution is 1.27. The molecule has 0 spiro atoms. The van der Waals surface area contributed by atoms with Gasteiger partial charge in [-0.1, -0.05) is 98.1 Å². The van der Waals surface area contributed by atoms with Gasteiger partial charge in [0.25, 0.3) is 0 Å². The molecule has 0 bridgehead atoms. The fourth-order valence-electron chi connectivity index (χ4n) is 5.49. The first-order valence-corrected chi connectivity index (χ1v) is 14.9. The quantitative estimate of drug-likeness (QED) is 0.157. The average molecular weight is 591 g/mol. The minimum Gasteiger partial charge on any atom is -0.310 e. The van der Waals surface area contributed by atoms with E-state index in [0.717, 1.165) is 56.4 Å². The molecule has 0 fully saturated rings. The van der Waals surface area contributed by atoms with Gasteiger partial charge in [0, 0.05) is 34.1 Å². The van der Waals surface area contributed by atoms with Crippen LogP contribution in [0.4, 0.5) is 34.1 Å². The summed E-state index contributed by atoms with van der Waals surface area (Å²) in [4.78, 5) is 4.37. The molecule has 0 aliphatic rings. The lowest BCUT2D eigenvalue weighted by Gasteiger charge is -2.27. The summed E-state index contributed by atoms with van der Waals surface area (Å²) in [5, 5.41) is 19.0. The number of nitrogens with zero attached hydrogens (tertiary/aromatic N) is 4. The van der Waals surface area contributed by atoms with Crippen LogP contribution in [0.1, 0.15) is 11.1 Å². The summed E-state index contributed by atoms with van der Waals surface area (Å²) in [6.45, 7) is 7.85. The summed E-state index contributed by atoms with van der Waals surface area (Å²) in [7, 11) is 0. The maximum absolute atomic E-state index is 9.49. The lowest BCUT2D eigenvalue weighted by atomic mass is 10.0. The highest BCUT2D eigenvalue weighted by atomic mass is 15.1. The van der Waals surface area contributed by atoms with Gasteiger partial charge in [0.15, 0.2) is 0 Å². The molecular weight excluding hydrogens is 560 g/mol. The van der Waals surface area contributed by atoms with E-state index in [9.17, 15) is 10.5 Å². The zero-order chi connectivity index (χ0) is 31.9. The molecule has 0 heterocycles. The molecule has 0 saturated carbocycles. The number of benzene rings is 6. The third-order valence-corrected chi connectivity index (χ3v) is 7.75. The molecule has 0 radical (unpaired) electrons. The zero-order valence-electron chi connectivity index (χ0n) is 25.2.